The fourth-order valence-corrected chi connectivity index (χ4v) is 2.87. The molecule has 1 aliphatic rings. The fourth-order valence-electron chi connectivity index (χ4n) is 2.87. The Balaban J connectivity index is 1.57. The van der Waals surface area contributed by atoms with Crippen molar-refractivity contribution in [3.8, 4) is 11.5 Å². The normalized spacial score (nSPS) is 15.0. The average Bonchev–Trinajstić information content (AvgIpc) is 2.66. The number of rotatable bonds is 9. The summed E-state index contributed by atoms with van der Waals surface area (Å²) in [4.78, 5) is 16.5. The second-order valence-corrected chi connectivity index (χ2v) is 6.29. The van der Waals surface area contributed by atoms with E-state index in [0.29, 0.717) is 13.2 Å². The number of ether oxygens (including phenoxy) is 2. The highest BCUT2D eigenvalue weighted by Gasteiger charge is 2.20. The first-order valence-corrected chi connectivity index (χ1v) is 9.25. The van der Waals surface area contributed by atoms with Gasteiger partial charge in [0.05, 0.1) is 13.7 Å². The number of carbonyl (C=O) groups is 1. The van der Waals surface area contributed by atoms with Crippen LogP contribution in [-0.4, -0.2) is 68.8 Å². The predicted molar refractivity (Wildman–Crippen MR) is 99.4 cm³/mol. The highest BCUT2D eigenvalue weighted by molar-refractivity contribution is 5.74. The lowest BCUT2D eigenvalue weighted by molar-refractivity contribution is 0.137. The van der Waals surface area contributed by atoms with Crippen molar-refractivity contribution in [2.45, 2.75) is 26.2 Å². The van der Waals surface area contributed by atoms with Gasteiger partial charge >= 0.3 is 6.03 Å². The third-order valence-corrected chi connectivity index (χ3v) is 4.44. The maximum Gasteiger partial charge on any atom is 0.317 e. The van der Waals surface area contributed by atoms with E-state index in [9.17, 15) is 4.79 Å². The molecular weight excluding hydrogens is 318 g/mol. The highest BCUT2D eigenvalue weighted by atomic mass is 16.5. The standard InChI is InChI=1S/C19H31N3O3/c1-3-4-5-11-21-12-14-22(15-13-21)19(23)20-10-16-25-18-8-6-17(24-2)7-9-18/h6-9H,3-5,10-16H2,1-2H3,(H,20,23). The molecule has 0 aliphatic carbocycles. The quantitative estimate of drug-likeness (QED) is 0.696. The van der Waals surface area contributed by atoms with Gasteiger partial charge in [-0.1, -0.05) is 19.8 Å². The van der Waals surface area contributed by atoms with Gasteiger partial charge < -0.3 is 19.7 Å². The molecule has 1 N–H and O–H groups in total. The molecule has 1 fully saturated rings. The Morgan fingerprint density at radius 1 is 1.08 bits per heavy atom. The molecule has 0 saturated carbocycles. The molecule has 6 nitrogen and oxygen atoms in total. The van der Waals surface area contributed by atoms with E-state index >= 15 is 0 Å². The van der Waals surface area contributed by atoms with Gasteiger partial charge in [-0.3, -0.25) is 4.90 Å². The summed E-state index contributed by atoms with van der Waals surface area (Å²) >= 11 is 0. The molecule has 0 atom stereocenters. The smallest absolute Gasteiger partial charge is 0.317 e. The van der Waals surface area contributed by atoms with E-state index in [2.05, 4.69) is 17.1 Å². The average molecular weight is 349 g/mol. The van der Waals surface area contributed by atoms with Gasteiger partial charge in [0, 0.05) is 26.2 Å². The Bertz CT molecular complexity index is 499. The minimum atomic E-state index is 0.00605. The lowest BCUT2D eigenvalue weighted by Gasteiger charge is -2.34. The Hall–Kier alpha value is -1.95. The molecule has 0 aromatic heterocycles. The third kappa shape index (κ3) is 6.82. The van der Waals surface area contributed by atoms with Crippen molar-refractivity contribution >= 4 is 6.03 Å². The van der Waals surface area contributed by atoms with Crippen LogP contribution in [0.25, 0.3) is 0 Å². The Labute approximate surface area is 151 Å². The summed E-state index contributed by atoms with van der Waals surface area (Å²) in [5.41, 5.74) is 0. The van der Waals surface area contributed by atoms with Crippen molar-refractivity contribution in [3.05, 3.63) is 24.3 Å². The lowest BCUT2D eigenvalue weighted by Crippen LogP contribution is -2.52. The number of nitrogens with zero attached hydrogens (tertiary/aromatic N) is 2. The van der Waals surface area contributed by atoms with Gasteiger partial charge in [-0.2, -0.15) is 0 Å². The Morgan fingerprint density at radius 3 is 2.40 bits per heavy atom. The van der Waals surface area contributed by atoms with Gasteiger partial charge in [-0.25, -0.2) is 4.79 Å². The summed E-state index contributed by atoms with van der Waals surface area (Å²) in [6.45, 7) is 7.88. The lowest BCUT2D eigenvalue weighted by atomic mass is 10.2. The van der Waals surface area contributed by atoms with Crippen LogP contribution in [0.1, 0.15) is 26.2 Å². The van der Waals surface area contributed by atoms with Gasteiger partial charge in [0.1, 0.15) is 18.1 Å². The Morgan fingerprint density at radius 2 is 1.76 bits per heavy atom. The van der Waals surface area contributed by atoms with E-state index in [1.165, 1.54) is 19.3 Å². The Kier molecular flexibility index (Phi) is 8.39. The minimum Gasteiger partial charge on any atom is -0.497 e. The number of urea groups is 1. The summed E-state index contributed by atoms with van der Waals surface area (Å²) in [6, 6.07) is 7.44. The first kappa shape index (κ1) is 19.4. The molecule has 1 aromatic rings. The molecule has 0 spiro atoms. The molecule has 25 heavy (non-hydrogen) atoms. The zero-order valence-electron chi connectivity index (χ0n) is 15.5. The summed E-state index contributed by atoms with van der Waals surface area (Å²) < 4.78 is 10.7. The van der Waals surface area contributed by atoms with Crippen molar-refractivity contribution in [3.63, 3.8) is 0 Å². The molecule has 2 amide bonds. The molecule has 1 aliphatic heterocycles. The number of hydrogen-bond acceptors (Lipinski definition) is 4. The van der Waals surface area contributed by atoms with Crippen molar-refractivity contribution in [1.29, 1.82) is 0 Å². The van der Waals surface area contributed by atoms with Crippen molar-refractivity contribution < 1.29 is 14.3 Å². The zero-order chi connectivity index (χ0) is 17.9. The molecule has 0 unspecified atom stereocenters. The summed E-state index contributed by atoms with van der Waals surface area (Å²) in [5, 5.41) is 2.93. The molecule has 6 heteroatoms. The number of piperazine rings is 1. The molecule has 1 saturated heterocycles. The monoisotopic (exact) mass is 349 g/mol. The second kappa shape index (κ2) is 10.8. The van der Waals surface area contributed by atoms with Gasteiger partial charge in [-0.05, 0) is 37.2 Å². The number of hydrogen-bond donors (Lipinski definition) is 1. The van der Waals surface area contributed by atoms with Gasteiger partial charge in [0.2, 0.25) is 0 Å². The van der Waals surface area contributed by atoms with E-state index in [0.717, 1.165) is 44.2 Å². The molecule has 1 aromatic carbocycles. The fraction of sp³-hybridized carbons (Fsp3) is 0.632. The van der Waals surface area contributed by atoms with Crippen LogP contribution < -0.4 is 14.8 Å². The maximum atomic E-state index is 12.2. The van der Waals surface area contributed by atoms with E-state index in [1.807, 2.05) is 29.2 Å². The van der Waals surface area contributed by atoms with E-state index in [4.69, 9.17) is 9.47 Å². The van der Waals surface area contributed by atoms with E-state index in [1.54, 1.807) is 7.11 Å². The number of benzene rings is 1. The molecule has 0 bridgehead atoms. The maximum absolute atomic E-state index is 12.2. The molecule has 1 heterocycles. The second-order valence-electron chi connectivity index (χ2n) is 6.29. The van der Waals surface area contributed by atoms with Crippen LogP contribution in [0.2, 0.25) is 0 Å². The van der Waals surface area contributed by atoms with Gasteiger partial charge in [0.15, 0.2) is 0 Å². The van der Waals surface area contributed by atoms with Crippen LogP contribution >= 0.6 is 0 Å². The first-order chi connectivity index (χ1) is 12.2. The van der Waals surface area contributed by atoms with Gasteiger partial charge in [-0.15, -0.1) is 0 Å². The van der Waals surface area contributed by atoms with E-state index < -0.39 is 0 Å². The van der Waals surface area contributed by atoms with Gasteiger partial charge in [0.25, 0.3) is 0 Å². The first-order valence-electron chi connectivity index (χ1n) is 9.25. The number of nitrogens with one attached hydrogen (secondary N) is 1. The van der Waals surface area contributed by atoms with Crippen LogP contribution in [0, 0.1) is 0 Å². The topological polar surface area (TPSA) is 54.0 Å². The molecule has 2 rings (SSSR count). The SMILES string of the molecule is CCCCCN1CCN(C(=O)NCCOc2ccc(OC)cc2)CC1. The zero-order valence-corrected chi connectivity index (χ0v) is 15.5. The number of unbranched alkanes of at least 4 members (excludes halogenated alkanes) is 2. The van der Waals surface area contributed by atoms with Crippen LogP contribution in [0.5, 0.6) is 11.5 Å². The van der Waals surface area contributed by atoms with Crippen molar-refractivity contribution in [1.82, 2.24) is 15.1 Å². The van der Waals surface area contributed by atoms with Crippen LogP contribution in [0.4, 0.5) is 4.79 Å². The number of methoxy groups -OCH3 is 1. The third-order valence-electron chi connectivity index (χ3n) is 4.44. The highest BCUT2D eigenvalue weighted by Crippen LogP contribution is 2.16. The predicted octanol–water partition coefficient (Wildman–Crippen LogP) is 2.59. The number of amides is 2. The van der Waals surface area contributed by atoms with Crippen LogP contribution in [0.3, 0.4) is 0 Å². The number of carbonyl (C=O) groups excluding carboxylic acids is 1. The van der Waals surface area contributed by atoms with Crippen LogP contribution in [-0.2, 0) is 0 Å². The molecule has 0 radical (unpaired) electrons. The minimum absolute atomic E-state index is 0.00605. The summed E-state index contributed by atoms with van der Waals surface area (Å²) in [5.74, 6) is 1.57. The molecule has 140 valence electrons. The van der Waals surface area contributed by atoms with E-state index in [-0.39, 0.29) is 6.03 Å². The van der Waals surface area contributed by atoms with Crippen molar-refractivity contribution in [2.75, 3.05) is 53.0 Å². The molecular formula is C19H31N3O3. The summed E-state index contributed by atoms with van der Waals surface area (Å²) in [6.07, 6.45) is 3.79. The van der Waals surface area contributed by atoms with Crippen LogP contribution in [0.15, 0.2) is 24.3 Å². The summed E-state index contributed by atoms with van der Waals surface area (Å²) in [7, 11) is 1.64. The van der Waals surface area contributed by atoms with Crippen molar-refractivity contribution in [2.24, 2.45) is 0 Å². The largest absolute Gasteiger partial charge is 0.497 e.